The van der Waals surface area contributed by atoms with Gasteiger partial charge in [0.25, 0.3) is 0 Å². The van der Waals surface area contributed by atoms with Gasteiger partial charge in [-0.15, -0.1) is 0 Å². The van der Waals surface area contributed by atoms with E-state index in [0.717, 1.165) is 13.0 Å². The van der Waals surface area contributed by atoms with Gasteiger partial charge in [0, 0.05) is 11.3 Å². The normalized spacial score (nSPS) is 22.2. The van der Waals surface area contributed by atoms with Crippen LogP contribution in [0, 0.1) is 5.92 Å². The molecule has 1 saturated carbocycles. The lowest BCUT2D eigenvalue weighted by Gasteiger charge is -2.36. The van der Waals surface area contributed by atoms with Gasteiger partial charge in [-0.05, 0) is 25.0 Å². The molecule has 2 atom stereocenters. The smallest absolute Gasteiger partial charge is 0.237 e. The van der Waals surface area contributed by atoms with Crippen LogP contribution in [0.2, 0.25) is 0 Å². The van der Waals surface area contributed by atoms with Crippen LogP contribution in [-0.2, 0) is 4.79 Å². The Morgan fingerprint density at radius 1 is 1.39 bits per heavy atom. The van der Waals surface area contributed by atoms with Crippen molar-refractivity contribution in [1.29, 1.82) is 0 Å². The summed E-state index contributed by atoms with van der Waals surface area (Å²) < 4.78 is 0.253. The summed E-state index contributed by atoms with van der Waals surface area (Å²) in [7, 11) is 0. The third-order valence-electron chi connectivity index (χ3n) is 4.34. The summed E-state index contributed by atoms with van der Waals surface area (Å²) in [6.07, 6.45) is 9.44. The Kier molecular flexibility index (Phi) is 6.50. The van der Waals surface area contributed by atoms with Crippen LogP contribution in [0.1, 0.15) is 52.4 Å². The van der Waals surface area contributed by atoms with Gasteiger partial charge in [0.15, 0.2) is 0 Å². The molecule has 3 nitrogen and oxygen atoms in total. The van der Waals surface area contributed by atoms with E-state index < -0.39 is 0 Å². The lowest BCUT2D eigenvalue weighted by Crippen LogP contribution is -2.49. The first kappa shape index (κ1) is 15.8. The molecule has 18 heavy (non-hydrogen) atoms. The molecule has 1 rings (SSSR count). The van der Waals surface area contributed by atoms with Crippen LogP contribution in [0.4, 0.5) is 0 Å². The summed E-state index contributed by atoms with van der Waals surface area (Å²) in [6, 6.07) is -0.363. The van der Waals surface area contributed by atoms with E-state index >= 15 is 0 Å². The van der Waals surface area contributed by atoms with E-state index in [0.29, 0.717) is 0 Å². The zero-order chi connectivity index (χ0) is 13.6. The van der Waals surface area contributed by atoms with E-state index in [2.05, 4.69) is 18.5 Å². The van der Waals surface area contributed by atoms with Gasteiger partial charge in [0.1, 0.15) is 0 Å². The van der Waals surface area contributed by atoms with Crippen molar-refractivity contribution in [3.05, 3.63) is 0 Å². The van der Waals surface area contributed by atoms with Crippen molar-refractivity contribution in [3.63, 3.8) is 0 Å². The molecule has 0 spiro atoms. The van der Waals surface area contributed by atoms with Crippen molar-refractivity contribution < 1.29 is 4.79 Å². The van der Waals surface area contributed by atoms with Gasteiger partial charge in [-0.3, -0.25) is 4.79 Å². The molecule has 0 saturated heterocycles. The first-order valence-electron chi connectivity index (χ1n) is 7.13. The summed E-state index contributed by atoms with van der Waals surface area (Å²) in [4.78, 5) is 12.0. The number of hydrogen-bond donors (Lipinski definition) is 2. The largest absolute Gasteiger partial charge is 0.353 e. The van der Waals surface area contributed by atoms with E-state index in [1.807, 2.05) is 18.7 Å². The van der Waals surface area contributed by atoms with Crippen molar-refractivity contribution in [1.82, 2.24) is 5.32 Å². The van der Waals surface area contributed by atoms with Crippen LogP contribution in [0.5, 0.6) is 0 Å². The van der Waals surface area contributed by atoms with Crippen LogP contribution in [-0.4, -0.2) is 29.5 Å². The average molecular weight is 272 g/mol. The lowest BCUT2D eigenvalue weighted by molar-refractivity contribution is -0.123. The molecule has 2 unspecified atom stereocenters. The maximum Gasteiger partial charge on any atom is 0.237 e. The van der Waals surface area contributed by atoms with Crippen LogP contribution >= 0.6 is 11.8 Å². The summed E-state index contributed by atoms with van der Waals surface area (Å²) in [5.74, 6) is 0.268. The maximum absolute atomic E-state index is 12.0. The SMILES string of the molecule is CCC(C)C(N)C(=O)NCC1(SC)CCCCC1. The highest BCUT2D eigenvalue weighted by Crippen LogP contribution is 2.37. The summed E-state index contributed by atoms with van der Waals surface area (Å²) in [5, 5.41) is 3.07. The highest BCUT2D eigenvalue weighted by Gasteiger charge is 2.32. The Hall–Kier alpha value is -0.220. The average Bonchev–Trinajstić information content (AvgIpc) is 2.44. The minimum Gasteiger partial charge on any atom is -0.353 e. The Morgan fingerprint density at radius 3 is 2.50 bits per heavy atom. The molecule has 0 aromatic carbocycles. The van der Waals surface area contributed by atoms with Crippen molar-refractivity contribution in [3.8, 4) is 0 Å². The Labute approximate surface area is 116 Å². The van der Waals surface area contributed by atoms with E-state index in [1.165, 1.54) is 32.1 Å². The quantitative estimate of drug-likeness (QED) is 0.781. The molecular formula is C14H28N2OS. The fourth-order valence-electron chi connectivity index (χ4n) is 2.53. The highest BCUT2D eigenvalue weighted by molar-refractivity contribution is 8.00. The van der Waals surface area contributed by atoms with Crippen molar-refractivity contribution in [2.45, 2.75) is 63.2 Å². The Bertz CT molecular complexity index is 265. The van der Waals surface area contributed by atoms with Crippen LogP contribution in [0.3, 0.4) is 0 Å². The van der Waals surface area contributed by atoms with Crippen molar-refractivity contribution >= 4 is 17.7 Å². The molecule has 0 aliphatic heterocycles. The van der Waals surface area contributed by atoms with Gasteiger partial charge < -0.3 is 11.1 Å². The fourth-order valence-corrected chi connectivity index (χ4v) is 3.44. The zero-order valence-corrected chi connectivity index (χ0v) is 12.8. The maximum atomic E-state index is 12.0. The molecule has 4 heteroatoms. The van der Waals surface area contributed by atoms with Crippen LogP contribution < -0.4 is 11.1 Å². The lowest BCUT2D eigenvalue weighted by atomic mass is 9.88. The van der Waals surface area contributed by atoms with Gasteiger partial charge in [0.2, 0.25) is 5.91 Å². The number of rotatable bonds is 6. The minimum absolute atomic E-state index is 0.0170. The standard InChI is InChI=1S/C14H28N2OS/c1-4-11(2)12(15)13(17)16-10-14(18-3)8-6-5-7-9-14/h11-12H,4-10,15H2,1-3H3,(H,16,17). The van der Waals surface area contributed by atoms with Gasteiger partial charge in [-0.1, -0.05) is 39.5 Å². The number of amides is 1. The van der Waals surface area contributed by atoms with Gasteiger partial charge in [0.05, 0.1) is 6.04 Å². The third kappa shape index (κ3) is 4.16. The fraction of sp³-hybridized carbons (Fsp3) is 0.929. The summed E-state index contributed by atoms with van der Waals surface area (Å²) in [5.41, 5.74) is 5.95. The molecule has 0 bridgehead atoms. The van der Waals surface area contributed by atoms with E-state index in [1.54, 1.807) is 0 Å². The first-order chi connectivity index (χ1) is 8.54. The summed E-state index contributed by atoms with van der Waals surface area (Å²) in [6.45, 7) is 4.88. The topological polar surface area (TPSA) is 55.1 Å². The summed E-state index contributed by atoms with van der Waals surface area (Å²) >= 11 is 1.91. The number of carbonyl (C=O) groups excluding carboxylic acids is 1. The van der Waals surface area contributed by atoms with Gasteiger partial charge in [-0.25, -0.2) is 0 Å². The zero-order valence-electron chi connectivity index (χ0n) is 12.0. The molecule has 1 aliphatic carbocycles. The number of nitrogens with two attached hydrogens (primary N) is 1. The predicted octanol–water partition coefficient (Wildman–Crippen LogP) is 2.54. The highest BCUT2D eigenvalue weighted by atomic mass is 32.2. The number of carbonyl (C=O) groups is 1. The molecule has 3 N–H and O–H groups in total. The van der Waals surface area contributed by atoms with E-state index in [4.69, 9.17) is 5.73 Å². The Balaban J connectivity index is 2.45. The minimum atomic E-state index is -0.363. The van der Waals surface area contributed by atoms with Crippen molar-refractivity contribution in [2.24, 2.45) is 11.7 Å². The number of thioether (sulfide) groups is 1. The van der Waals surface area contributed by atoms with E-state index in [-0.39, 0.29) is 22.6 Å². The molecule has 0 aromatic heterocycles. The number of nitrogens with one attached hydrogen (secondary N) is 1. The van der Waals surface area contributed by atoms with Crippen LogP contribution in [0.15, 0.2) is 0 Å². The molecular weight excluding hydrogens is 244 g/mol. The molecule has 106 valence electrons. The molecule has 0 radical (unpaired) electrons. The Morgan fingerprint density at radius 2 is 2.00 bits per heavy atom. The second-order valence-electron chi connectivity index (χ2n) is 5.58. The third-order valence-corrected chi connectivity index (χ3v) is 5.76. The molecule has 1 fully saturated rings. The van der Waals surface area contributed by atoms with Crippen LogP contribution in [0.25, 0.3) is 0 Å². The van der Waals surface area contributed by atoms with Gasteiger partial charge in [-0.2, -0.15) is 11.8 Å². The second kappa shape index (κ2) is 7.39. The predicted molar refractivity (Wildman–Crippen MR) is 79.8 cm³/mol. The number of hydrogen-bond acceptors (Lipinski definition) is 3. The van der Waals surface area contributed by atoms with Crippen molar-refractivity contribution in [2.75, 3.05) is 12.8 Å². The monoisotopic (exact) mass is 272 g/mol. The van der Waals surface area contributed by atoms with Gasteiger partial charge >= 0.3 is 0 Å². The molecule has 1 amide bonds. The molecule has 0 aromatic rings. The van der Waals surface area contributed by atoms with E-state index in [9.17, 15) is 4.79 Å². The molecule has 1 aliphatic rings. The molecule has 0 heterocycles. The first-order valence-corrected chi connectivity index (χ1v) is 8.35. The second-order valence-corrected chi connectivity index (χ2v) is 6.85.